The summed E-state index contributed by atoms with van der Waals surface area (Å²) in [5, 5.41) is 81.0. The van der Waals surface area contributed by atoms with Crippen LogP contribution in [-0.4, -0.2) is 253 Å². The van der Waals surface area contributed by atoms with Gasteiger partial charge in [0, 0.05) is 58.4 Å². The monoisotopic (exact) mass is 1590 g/mol. The number of amides is 4. The molecule has 32 heteroatoms. The Bertz CT molecular complexity index is 3840. The van der Waals surface area contributed by atoms with Crippen LogP contribution in [0.1, 0.15) is 200 Å². The van der Waals surface area contributed by atoms with Gasteiger partial charge in [-0.3, -0.25) is 59.6 Å². The number of carbonyl (C=O) groups excluding carboxylic acids is 5. The number of nitrogens with one attached hydrogen (secondary N) is 6. The summed E-state index contributed by atoms with van der Waals surface area (Å²) in [5.74, 6) is -7.54. The first-order chi connectivity index (χ1) is 54.5. The van der Waals surface area contributed by atoms with Crippen LogP contribution in [0, 0.1) is 23.7 Å². The minimum absolute atomic E-state index is 0.00105. The predicted molar refractivity (Wildman–Crippen MR) is 420 cm³/mol. The Morgan fingerprint density at radius 1 is 0.412 bits per heavy atom. The Labute approximate surface area is 664 Å². The minimum atomic E-state index is -1.02. The highest BCUT2D eigenvalue weighted by atomic mass is 16.5. The Kier molecular flexibility index (Phi) is 32.3. The zero-order chi connectivity index (χ0) is 82.8. The Morgan fingerprint density at radius 2 is 0.693 bits per heavy atom. The Morgan fingerprint density at radius 3 is 0.974 bits per heavy atom. The second-order valence-electron chi connectivity index (χ2n) is 32.3. The summed E-state index contributed by atoms with van der Waals surface area (Å²) < 4.78 is 5.12. The maximum atomic E-state index is 13.2. The Hall–Kier alpha value is -9.08. The normalized spacial score (nSPS) is 25.9. The Balaban J connectivity index is 0.000000175. The molecule has 8 fully saturated rings. The molecule has 2 aromatic carbocycles. The fourth-order valence-electron chi connectivity index (χ4n) is 19.3. The van der Waals surface area contributed by atoms with E-state index in [4.69, 9.17) is 16.2 Å². The van der Waals surface area contributed by atoms with Crippen molar-refractivity contribution in [2.45, 2.75) is 298 Å². The largest absolute Gasteiger partial charge is 0.480 e. The molecule has 4 aliphatic carbocycles. The van der Waals surface area contributed by atoms with Crippen LogP contribution >= 0.6 is 0 Å². The van der Waals surface area contributed by atoms with Crippen molar-refractivity contribution in [3.63, 3.8) is 0 Å². The van der Waals surface area contributed by atoms with E-state index in [0.717, 1.165) is 129 Å². The maximum Gasteiger partial charge on any atom is 0.326 e. The quantitative estimate of drug-likeness (QED) is 0.0184. The highest BCUT2D eigenvalue weighted by Gasteiger charge is 2.54. The lowest BCUT2D eigenvalue weighted by Gasteiger charge is -2.31. The van der Waals surface area contributed by atoms with Crippen molar-refractivity contribution in [1.82, 2.24) is 50.8 Å². The average Bonchev–Trinajstić information content (AvgIpc) is 1.64. The number of nitrogens with two attached hydrogens (primary N) is 2. The number of ether oxygens (including phenoxy) is 1. The number of aryl methyl sites for hydroxylation is 2. The van der Waals surface area contributed by atoms with Crippen LogP contribution in [0.15, 0.2) is 60.9 Å². The van der Waals surface area contributed by atoms with Crippen LogP contribution in [0.3, 0.4) is 0 Å². The molecule has 0 radical (unpaired) electrons. The summed E-state index contributed by atoms with van der Waals surface area (Å²) in [5.41, 5.74) is 15.0. The van der Waals surface area contributed by atoms with Gasteiger partial charge in [-0.05, 0) is 223 Å². The molecule has 0 spiro atoms. The number of para-hydroxylation sites is 2. The molecule has 32 nitrogen and oxygen atoms in total. The first-order valence-corrected chi connectivity index (χ1v) is 41.1. The molecule has 6 heterocycles. The third-order valence-corrected chi connectivity index (χ3v) is 24.9. The first kappa shape index (κ1) is 88.9. The number of aliphatic carboxylic acids is 7. The zero-order valence-electron chi connectivity index (χ0n) is 66.2. The number of H-pyrrole nitrogens is 2. The van der Waals surface area contributed by atoms with E-state index in [1.165, 1.54) is 14.7 Å². The lowest BCUT2D eigenvalue weighted by molar-refractivity contribution is -0.151. The van der Waals surface area contributed by atoms with E-state index in [0.29, 0.717) is 83.7 Å². The molecule has 0 unspecified atom stereocenters. The van der Waals surface area contributed by atoms with Gasteiger partial charge < -0.3 is 81.5 Å². The molecule has 114 heavy (non-hydrogen) atoms. The fourth-order valence-corrected chi connectivity index (χ4v) is 19.3. The van der Waals surface area contributed by atoms with Crippen molar-refractivity contribution >= 4 is 93.2 Å². The standard InChI is InChI=1S/2C23H29N3O5.C19H33N3O5.C17H29N3O5/c2*1-13(21(27)26-19-8-4-5-14(19)11-20(26)23(30)31)25-18(22(28)29)10-9-15-12-24-17-7-3-2-6-16(15)17;1-3-27-19(26)14(8-4-5-10-20)21-12(2)17(23)22-15-9-6-7-13(15)11-16(22)18(24)25;1-10(19-12(16(22)23)6-2-3-8-18)15(21)20-13-7-4-5-11(13)9-14(20)17(24)25/h2*2-3,6-7,12-14,18-20,24-25H,4-5,8-11H2,1H3,(H,28,29)(H,30,31);12-16,21H,3-11,20H2,1-2H3,(H,24,25);10-14,19H,2-9,18H2,1H3,(H,22,23)(H,24,25)/t2*13-,14-,18-,19-,20-;12-,13-,14-,15-,16-;10-,11-,12-,13-,14-/m0000/s1. The van der Waals surface area contributed by atoms with Gasteiger partial charge in [-0.1, -0.05) is 74.9 Å². The number of unbranched alkanes of at least 4 members (excludes halogenated alkanes) is 2. The molecule has 8 aliphatic rings. The maximum absolute atomic E-state index is 13.2. The van der Waals surface area contributed by atoms with Crippen molar-refractivity contribution in [2.75, 3.05) is 19.7 Å². The van der Waals surface area contributed by atoms with Crippen LogP contribution in [-0.2, 0) is 75.1 Å². The van der Waals surface area contributed by atoms with E-state index in [1.54, 1.807) is 39.5 Å². The molecule has 4 saturated carbocycles. The molecular formula is C82H120N12O20. The second kappa shape index (κ2) is 41.5. The van der Waals surface area contributed by atoms with Crippen LogP contribution in [0.2, 0.25) is 0 Å². The lowest BCUT2D eigenvalue weighted by Crippen LogP contribution is -2.55. The number of likely N-dealkylation sites (tertiary alicyclic amines) is 4. The molecule has 4 aromatic rings. The van der Waals surface area contributed by atoms with Crippen LogP contribution in [0.25, 0.3) is 21.8 Å². The lowest BCUT2D eigenvalue weighted by atomic mass is 10.0. The zero-order valence-corrected chi connectivity index (χ0v) is 66.2. The van der Waals surface area contributed by atoms with Crippen molar-refractivity contribution < 1.29 is 98.0 Å². The van der Waals surface area contributed by atoms with E-state index in [-0.39, 0.29) is 84.0 Å². The fraction of sp³-hybridized carbons (Fsp3) is 0.659. The van der Waals surface area contributed by atoms with E-state index in [1.807, 2.05) is 60.9 Å². The van der Waals surface area contributed by atoms with Gasteiger partial charge in [-0.2, -0.15) is 0 Å². The number of fused-ring (bicyclic) bond motifs is 6. The third kappa shape index (κ3) is 21.7. The summed E-state index contributed by atoms with van der Waals surface area (Å²) in [6.07, 6.45) is 22.5. The highest BCUT2D eigenvalue weighted by molar-refractivity contribution is 5.92. The van der Waals surface area contributed by atoms with E-state index < -0.39 is 114 Å². The van der Waals surface area contributed by atoms with Gasteiger partial charge in [0.2, 0.25) is 23.6 Å². The number of carbonyl (C=O) groups is 12. The molecule has 0 bridgehead atoms. The molecular weight excluding hydrogens is 1470 g/mol. The summed E-state index contributed by atoms with van der Waals surface area (Å²) in [4.78, 5) is 159. The minimum Gasteiger partial charge on any atom is -0.480 e. The van der Waals surface area contributed by atoms with E-state index in [2.05, 4.69) is 31.2 Å². The smallest absolute Gasteiger partial charge is 0.326 e. The van der Waals surface area contributed by atoms with Crippen molar-refractivity contribution in [3.8, 4) is 0 Å². The average molecular weight is 1590 g/mol. The number of rotatable bonds is 35. The van der Waals surface area contributed by atoms with Gasteiger partial charge in [-0.25, -0.2) is 19.2 Å². The van der Waals surface area contributed by atoms with E-state index >= 15 is 0 Å². The van der Waals surface area contributed by atoms with E-state index in [9.17, 15) is 93.3 Å². The topological polar surface area (TPSA) is 500 Å². The molecule has 628 valence electrons. The second-order valence-corrected chi connectivity index (χ2v) is 32.3. The molecule has 12 rings (SSSR count). The number of carboxylic acids is 7. The van der Waals surface area contributed by atoms with Gasteiger partial charge in [0.15, 0.2) is 0 Å². The molecule has 4 saturated heterocycles. The van der Waals surface area contributed by atoms with Crippen LogP contribution in [0.4, 0.5) is 0 Å². The summed E-state index contributed by atoms with van der Waals surface area (Å²) in [6.45, 7) is 9.62. The number of esters is 1. The molecule has 4 aliphatic heterocycles. The number of aromatic nitrogens is 2. The first-order valence-electron chi connectivity index (χ1n) is 41.1. The predicted octanol–water partition coefficient (Wildman–Crippen LogP) is 6.05. The molecule has 17 N–H and O–H groups in total. The van der Waals surface area contributed by atoms with Crippen molar-refractivity contribution in [2.24, 2.45) is 35.1 Å². The number of aromatic amines is 2. The van der Waals surface area contributed by atoms with Crippen LogP contribution in [0.5, 0.6) is 0 Å². The summed E-state index contributed by atoms with van der Waals surface area (Å²) in [6, 6.07) is 6.19. The molecule has 20 atom stereocenters. The number of carboxylic acid groups (broad SMARTS) is 7. The SMILES string of the molecule is CCOC(=O)[C@H](CCCCN)N[C@@H](C)C(=O)N1[C@H](C(=O)O)C[C@@H]2CCC[C@@H]21.C[C@H](N[C@@H](CCCCN)C(=O)O)C(=O)N1[C@H](C(=O)O)C[C@@H]2CCC[C@@H]21.C[C@H](N[C@@H](CCc1c[nH]c2ccccc12)C(=O)O)C(=O)N1[C@H](C(=O)O)C[C@@H]2CCC[C@@H]21.C[C@H](N[C@@H](CCc1c[nH]c2ccccc12)C(=O)O)C(=O)N1[C@H](C(=O)O)C[C@@H]2CCC[C@@H]21. The van der Waals surface area contributed by atoms with Gasteiger partial charge in [0.1, 0.15) is 48.3 Å². The summed E-state index contributed by atoms with van der Waals surface area (Å²) >= 11 is 0. The third-order valence-electron chi connectivity index (χ3n) is 24.9. The van der Waals surface area contributed by atoms with Crippen molar-refractivity contribution in [3.05, 3.63) is 72.1 Å². The number of hydrogen-bond acceptors (Lipinski definition) is 19. The van der Waals surface area contributed by atoms with Gasteiger partial charge >= 0.3 is 47.8 Å². The van der Waals surface area contributed by atoms with Crippen LogP contribution < -0.4 is 32.7 Å². The molecule has 4 amide bonds. The number of benzene rings is 2. The van der Waals surface area contributed by atoms with Gasteiger partial charge in [0.05, 0.1) is 30.8 Å². The number of hydrogen-bond donors (Lipinski definition) is 15. The van der Waals surface area contributed by atoms with Gasteiger partial charge in [-0.15, -0.1) is 0 Å². The molecule has 2 aromatic heterocycles. The summed E-state index contributed by atoms with van der Waals surface area (Å²) in [7, 11) is 0. The van der Waals surface area contributed by atoms with Crippen molar-refractivity contribution in [1.29, 1.82) is 0 Å². The van der Waals surface area contributed by atoms with Gasteiger partial charge in [0.25, 0.3) is 0 Å². The number of nitrogens with zero attached hydrogens (tertiary/aromatic N) is 4. The highest BCUT2D eigenvalue weighted by Crippen LogP contribution is 2.45.